The van der Waals surface area contributed by atoms with Gasteiger partial charge in [0, 0.05) is 29.9 Å². The number of hydrogen-bond acceptors (Lipinski definition) is 5. The van der Waals surface area contributed by atoms with E-state index in [-0.39, 0.29) is 22.7 Å². The van der Waals surface area contributed by atoms with E-state index >= 15 is 0 Å². The van der Waals surface area contributed by atoms with Crippen LogP contribution in [0.1, 0.15) is 64.3 Å². The topological polar surface area (TPSA) is 127 Å². The first-order valence-electron chi connectivity index (χ1n) is 14.6. The van der Waals surface area contributed by atoms with Crippen molar-refractivity contribution in [2.75, 3.05) is 0 Å². The first-order chi connectivity index (χ1) is 21.6. The van der Waals surface area contributed by atoms with Gasteiger partial charge in [0.2, 0.25) is 5.91 Å². The molecule has 0 aliphatic carbocycles. The van der Waals surface area contributed by atoms with Gasteiger partial charge in [0.1, 0.15) is 12.1 Å². The molecular formula is C33H32F2N3O6PS. The maximum atomic E-state index is 14.4. The number of hydrogen-bond donors (Lipinski definition) is 3. The van der Waals surface area contributed by atoms with Crippen molar-refractivity contribution in [3.05, 3.63) is 105 Å². The zero-order valence-electron chi connectivity index (χ0n) is 25.2. The molecule has 0 spiro atoms. The molecule has 0 saturated carbocycles. The van der Waals surface area contributed by atoms with E-state index in [1.807, 2.05) is 48.5 Å². The Labute approximate surface area is 268 Å². The van der Waals surface area contributed by atoms with Crippen molar-refractivity contribution in [2.24, 2.45) is 5.41 Å². The molecule has 3 heterocycles. The predicted octanol–water partition coefficient (Wildman–Crippen LogP) is 5.90. The molecule has 2 aliphatic rings. The molecule has 3 N–H and O–H groups in total. The van der Waals surface area contributed by atoms with E-state index in [2.05, 4.69) is 5.32 Å². The molecule has 2 atom stereocenters. The molecular weight excluding hydrogens is 635 g/mol. The molecule has 46 heavy (non-hydrogen) atoms. The molecule has 4 aromatic rings. The lowest BCUT2D eigenvalue weighted by Gasteiger charge is -2.36. The van der Waals surface area contributed by atoms with Gasteiger partial charge >= 0.3 is 13.3 Å². The third-order valence-electron chi connectivity index (χ3n) is 8.51. The first-order valence-corrected chi connectivity index (χ1v) is 17.0. The third-order valence-corrected chi connectivity index (χ3v) is 10.6. The molecule has 3 aromatic carbocycles. The molecule has 3 amide bonds. The van der Waals surface area contributed by atoms with Crippen LogP contribution < -0.4 is 5.32 Å². The summed E-state index contributed by atoms with van der Waals surface area (Å²) >= 11 is 0.998. The van der Waals surface area contributed by atoms with Gasteiger partial charge in [0.05, 0.1) is 4.88 Å². The highest BCUT2D eigenvalue weighted by molar-refractivity contribution is 7.52. The summed E-state index contributed by atoms with van der Waals surface area (Å²) < 4.78 is 40.5. The summed E-state index contributed by atoms with van der Waals surface area (Å²) in [5.74, 6) is -1.26. The third kappa shape index (κ3) is 5.64. The zero-order valence-corrected chi connectivity index (χ0v) is 26.9. The van der Waals surface area contributed by atoms with E-state index in [0.29, 0.717) is 17.8 Å². The fourth-order valence-electron chi connectivity index (χ4n) is 6.05. The van der Waals surface area contributed by atoms with Gasteiger partial charge in [-0.15, -0.1) is 11.3 Å². The Bertz CT molecular complexity index is 1910. The molecule has 13 heteroatoms. The lowest BCUT2D eigenvalue weighted by molar-refractivity contribution is -0.148. The van der Waals surface area contributed by atoms with Crippen LogP contribution in [0.4, 0.5) is 8.78 Å². The summed E-state index contributed by atoms with van der Waals surface area (Å²) in [6, 6.07) is 17.8. The second-order valence-corrected chi connectivity index (χ2v) is 15.5. The van der Waals surface area contributed by atoms with Crippen LogP contribution in [0.2, 0.25) is 0 Å². The number of fused-ring (bicyclic) bond motifs is 3. The van der Waals surface area contributed by atoms with Gasteiger partial charge in [-0.25, -0.2) is 0 Å². The number of rotatable bonds is 6. The zero-order chi connectivity index (χ0) is 33.2. The normalized spacial score (nSPS) is 17.2. The summed E-state index contributed by atoms with van der Waals surface area (Å²) in [4.78, 5) is 63.7. The Morgan fingerprint density at radius 2 is 1.52 bits per heavy atom. The maximum Gasteiger partial charge on any atom is 0.399 e. The van der Waals surface area contributed by atoms with Gasteiger partial charge in [0.15, 0.2) is 0 Å². The molecule has 6 rings (SSSR count). The monoisotopic (exact) mass is 667 g/mol. The Balaban J connectivity index is 1.28. The van der Waals surface area contributed by atoms with Crippen molar-refractivity contribution in [3.63, 3.8) is 0 Å². The van der Waals surface area contributed by atoms with Gasteiger partial charge < -0.3 is 24.9 Å². The number of benzene rings is 3. The van der Waals surface area contributed by atoms with Gasteiger partial charge in [-0.2, -0.15) is 8.78 Å². The van der Waals surface area contributed by atoms with Crippen LogP contribution >= 0.6 is 18.9 Å². The minimum absolute atomic E-state index is 0.126. The molecule has 1 aromatic heterocycles. The number of thiophene rings is 1. The highest BCUT2D eigenvalue weighted by Crippen LogP contribution is 2.59. The Hall–Kier alpha value is -3.96. The van der Waals surface area contributed by atoms with Gasteiger partial charge in [-0.1, -0.05) is 75.4 Å². The van der Waals surface area contributed by atoms with E-state index in [0.717, 1.165) is 45.7 Å². The van der Waals surface area contributed by atoms with E-state index in [4.69, 9.17) is 9.79 Å². The number of amides is 3. The van der Waals surface area contributed by atoms with E-state index in [1.165, 1.54) is 17.0 Å². The number of carbonyl (C=O) groups is 3. The van der Waals surface area contributed by atoms with Crippen molar-refractivity contribution >= 4 is 46.7 Å². The quantitative estimate of drug-likeness (QED) is 0.220. The number of nitrogens with zero attached hydrogens (tertiary/aromatic N) is 2. The lowest BCUT2D eigenvalue weighted by Crippen LogP contribution is -2.55. The average Bonchev–Trinajstić information content (AvgIpc) is 3.72. The molecule has 0 saturated heterocycles. The average molecular weight is 668 g/mol. The van der Waals surface area contributed by atoms with Crippen LogP contribution in [0.25, 0.3) is 10.1 Å². The van der Waals surface area contributed by atoms with Crippen LogP contribution in [0.3, 0.4) is 0 Å². The van der Waals surface area contributed by atoms with Gasteiger partial charge in [0.25, 0.3) is 11.8 Å². The number of alkyl halides is 2. The number of nitrogens with one attached hydrogen (secondary N) is 1. The first kappa shape index (κ1) is 32.0. The van der Waals surface area contributed by atoms with Crippen LogP contribution in [0.5, 0.6) is 0 Å². The number of carbonyl (C=O) groups excluding carboxylic acids is 3. The highest BCUT2D eigenvalue weighted by atomic mass is 32.1. The predicted molar refractivity (Wildman–Crippen MR) is 169 cm³/mol. The van der Waals surface area contributed by atoms with E-state index in [1.54, 1.807) is 25.7 Å². The van der Waals surface area contributed by atoms with Crippen LogP contribution in [0, 0.1) is 5.41 Å². The Morgan fingerprint density at radius 1 is 0.913 bits per heavy atom. The van der Waals surface area contributed by atoms with Crippen LogP contribution in [-0.4, -0.2) is 43.4 Å². The minimum atomic E-state index is -5.77. The standard InChI is InChI=1S/C33H32F2N3O6PS/c1-32(2,3)28(36-29(39)26-15-22-14-23(12-13-25(22)46-26)33(34,35)45(42,43)44)31(41)38-18-21-10-6-7-11-24(21)27(38)30(40)37-16-19-8-4-5-9-20(19)17-37/h4-15,27-28H,16-18H2,1-3H3,(H,36,39)(H2,42,43,44)/t27-,28?/m0/s1. The Kier molecular flexibility index (Phi) is 7.92. The molecule has 9 nitrogen and oxygen atoms in total. The molecule has 0 fully saturated rings. The summed E-state index contributed by atoms with van der Waals surface area (Å²) in [5, 5.41) is 3.03. The fourth-order valence-corrected chi connectivity index (χ4v) is 7.47. The number of halogens is 2. The smallest absolute Gasteiger partial charge is 0.339 e. The van der Waals surface area contributed by atoms with Crippen LogP contribution in [0.15, 0.2) is 72.8 Å². The van der Waals surface area contributed by atoms with Crippen molar-refractivity contribution in [2.45, 2.75) is 58.2 Å². The second-order valence-electron chi connectivity index (χ2n) is 12.8. The molecule has 2 aliphatic heterocycles. The summed E-state index contributed by atoms with van der Waals surface area (Å²) in [6.07, 6.45) is 0. The fraction of sp³-hybridized carbons (Fsp3) is 0.303. The summed E-state index contributed by atoms with van der Waals surface area (Å²) in [5.41, 5.74) is -2.35. The highest BCUT2D eigenvalue weighted by Gasteiger charge is 2.50. The largest absolute Gasteiger partial charge is 0.399 e. The van der Waals surface area contributed by atoms with Crippen molar-refractivity contribution in [1.82, 2.24) is 15.1 Å². The maximum absolute atomic E-state index is 14.4. The van der Waals surface area contributed by atoms with E-state index in [9.17, 15) is 27.7 Å². The van der Waals surface area contributed by atoms with E-state index < -0.39 is 48.1 Å². The molecule has 1 unspecified atom stereocenters. The van der Waals surface area contributed by atoms with Crippen molar-refractivity contribution in [3.8, 4) is 0 Å². The summed E-state index contributed by atoms with van der Waals surface area (Å²) in [6.45, 7) is 6.46. The summed E-state index contributed by atoms with van der Waals surface area (Å²) in [7, 11) is -5.77. The molecule has 0 radical (unpaired) electrons. The second kappa shape index (κ2) is 11.4. The SMILES string of the molecule is CC(C)(C)C(NC(=O)c1cc2cc(C(F)(F)P(=O)(O)O)ccc2s1)C(=O)N1Cc2ccccc2[C@H]1C(=O)N1Cc2ccccc2C1. The Morgan fingerprint density at radius 3 is 2.13 bits per heavy atom. The van der Waals surface area contributed by atoms with Gasteiger partial charge in [-0.05, 0) is 51.3 Å². The molecule has 240 valence electrons. The van der Waals surface area contributed by atoms with Crippen LogP contribution in [-0.2, 0) is 39.5 Å². The van der Waals surface area contributed by atoms with Gasteiger partial charge in [-0.3, -0.25) is 18.9 Å². The lowest BCUT2D eigenvalue weighted by atomic mass is 9.85. The van der Waals surface area contributed by atoms with Crippen molar-refractivity contribution < 1.29 is 37.5 Å². The minimum Gasteiger partial charge on any atom is -0.339 e. The molecule has 0 bridgehead atoms. The van der Waals surface area contributed by atoms with Crippen molar-refractivity contribution in [1.29, 1.82) is 0 Å².